The third-order valence-electron chi connectivity index (χ3n) is 2.04. The summed E-state index contributed by atoms with van der Waals surface area (Å²) in [6.45, 7) is 1.68. The smallest absolute Gasteiger partial charge is 0.416 e. The van der Waals surface area contributed by atoms with Crippen LogP contribution in [0.25, 0.3) is 0 Å². The number of halogens is 3. The number of nitrogens with two attached hydrogens (primary N) is 1. The quantitative estimate of drug-likeness (QED) is 0.855. The molecule has 0 aliphatic rings. The van der Waals surface area contributed by atoms with Gasteiger partial charge in [-0.05, 0) is 25.1 Å². The zero-order valence-corrected chi connectivity index (χ0v) is 9.97. The van der Waals surface area contributed by atoms with Crippen LogP contribution in [-0.4, -0.2) is 9.36 Å². The summed E-state index contributed by atoms with van der Waals surface area (Å²) in [7, 11) is 0. The average molecular weight is 275 g/mol. The van der Waals surface area contributed by atoms with E-state index < -0.39 is 11.7 Å². The summed E-state index contributed by atoms with van der Waals surface area (Å²) in [6, 6.07) is 2.89. The topological polar surface area (TPSA) is 61.0 Å². The van der Waals surface area contributed by atoms with Crippen molar-refractivity contribution in [1.29, 1.82) is 0 Å². The summed E-state index contributed by atoms with van der Waals surface area (Å²) < 4.78 is 46.4. The van der Waals surface area contributed by atoms with Gasteiger partial charge in [0.2, 0.25) is 0 Å². The fourth-order valence-corrected chi connectivity index (χ4v) is 1.78. The van der Waals surface area contributed by atoms with Crippen LogP contribution in [-0.2, 0) is 6.18 Å². The van der Waals surface area contributed by atoms with E-state index in [1.54, 1.807) is 6.92 Å². The molecule has 1 aromatic carbocycles. The number of benzene rings is 1. The third-order valence-corrected chi connectivity index (χ3v) is 2.73. The molecule has 0 saturated heterocycles. The number of alkyl halides is 3. The van der Waals surface area contributed by atoms with E-state index in [1.165, 1.54) is 0 Å². The van der Waals surface area contributed by atoms with Crippen LogP contribution in [0.5, 0.6) is 10.9 Å². The maximum Gasteiger partial charge on any atom is 0.416 e. The SMILES string of the molecule is Cc1nsc(Oc2ccc(C(F)(F)F)cc2N)n1. The van der Waals surface area contributed by atoms with Gasteiger partial charge in [0.05, 0.1) is 11.3 Å². The minimum Gasteiger partial charge on any atom is -0.428 e. The van der Waals surface area contributed by atoms with Crippen molar-refractivity contribution in [1.82, 2.24) is 9.36 Å². The van der Waals surface area contributed by atoms with Crippen LogP contribution in [0.15, 0.2) is 18.2 Å². The summed E-state index contributed by atoms with van der Waals surface area (Å²) in [5.41, 5.74) is 4.59. The molecule has 0 saturated carbocycles. The van der Waals surface area contributed by atoms with Gasteiger partial charge in [-0.25, -0.2) is 0 Å². The first kappa shape index (κ1) is 12.6. The maximum absolute atomic E-state index is 12.4. The highest BCUT2D eigenvalue weighted by atomic mass is 32.1. The zero-order chi connectivity index (χ0) is 13.3. The van der Waals surface area contributed by atoms with Crippen LogP contribution in [0, 0.1) is 6.92 Å². The molecule has 0 unspecified atom stereocenters. The summed E-state index contributed by atoms with van der Waals surface area (Å²) in [5.74, 6) is 0.652. The van der Waals surface area contributed by atoms with Crippen molar-refractivity contribution in [3.8, 4) is 10.9 Å². The fraction of sp³-hybridized carbons (Fsp3) is 0.200. The standard InChI is InChI=1S/C10H8F3N3OS/c1-5-15-9(18-16-5)17-8-3-2-6(4-7(8)14)10(11,12)13/h2-4H,14H2,1H3. The number of nitrogen functional groups attached to an aromatic ring is 1. The van der Waals surface area contributed by atoms with E-state index in [4.69, 9.17) is 10.5 Å². The molecule has 0 radical (unpaired) electrons. The van der Waals surface area contributed by atoms with Gasteiger partial charge in [0.25, 0.3) is 5.19 Å². The van der Waals surface area contributed by atoms with Crippen molar-refractivity contribution >= 4 is 17.2 Å². The summed E-state index contributed by atoms with van der Waals surface area (Å²) >= 11 is 1.00. The van der Waals surface area contributed by atoms with Crippen LogP contribution < -0.4 is 10.5 Å². The van der Waals surface area contributed by atoms with E-state index in [9.17, 15) is 13.2 Å². The molecule has 1 heterocycles. The highest BCUT2D eigenvalue weighted by Crippen LogP contribution is 2.35. The van der Waals surface area contributed by atoms with Crippen molar-refractivity contribution in [3.05, 3.63) is 29.6 Å². The maximum atomic E-state index is 12.4. The minimum atomic E-state index is -4.42. The molecular formula is C10H8F3N3OS. The number of rotatable bonds is 2. The molecule has 0 spiro atoms. The van der Waals surface area contributed by atoms with E-state index in [0.29, 0.717) is 5.82 Å². The molecule has 0 fully saturated rings. The molecule has 4 nitrogen and oxygen atoms in total. The van der Waals surface area contributed by atoms with Crippen molar-refractivity contribution in [2.24, 2.45) is 0 Å². The van der Waals surface area contributed by atoms with Gasteiger partial charge >= 0.3 is 6.18 Å². The Morgan fingerprint density at radius 3 is 2.56 bits per heavy atom. The molecule has 0 amide bonds. The second kappa shape index (κ2) is 4.45. The van der Waals surface area contributed by atoms with Crippen molar-refractivity contribution in [3.63, 3.8) is 0 Å². The van der Waals surface area contributed by atoms with Crippen LogP contribution in [0.2, 0.25) is 0 Å². The van der Waals surface area contributed by atoms with Crippen molar-refractivity contribution < 1.29 is 17.9 Å². The summed E-state index contributed by atoms with van der Waals surface area (Å²) in [6.07, 6.45) is -4.42. The first-order valence-corrected chi connectivity index (χ1v) is 5.58. The molecule has 2 N–H and O–H groups in total. The molecule has 18 heavy (non-hydrogen) atoms. The first-order valence-electron chi connectivity index (χ1n) is 4.81. The molecule has 2 aromatic rings. The molecule has 8 heteroatoms. The second-order valence-corrected chi connectivity index (χ2v) is 4.17. The molecule has 0 aliphatic heterocycles. The van der Waals surface area contributed by atoms with E-state index in [2.05, 4.69) is 9.36 Å². The van der Waals surface area contributed by atoms with Crippen molar-refractivity contribution in [2.75, 3.05) is 5.73 Å². The van der Waals surface area contributed by atoms with Gasteiger partial charge in [-0.1, -0.05) is 0 Å². The minimum absolute atomic E-state index is 0.0994. The Hall–Kier alpha value is -1.83. The average Bonchev–Trinajstić information content (AvgIpc) is 2.65. The predicted octanol–water partition coefficient (Wildman–Crippen LogP) is 3.24. The number of anilines is 1. The van der Waals surface area contributed by atoms with Gasteiger partial charge < -0.3 is 10.5 Å². The number of aromatic nitrogens is 2. The van der Waals surface area contributed by atoms with Gasteiger partial charge in [0, 0.05) is 11.5 Å². The Kier molecular flexibility index (Phi) is 3.12. The number of aryl methyl sites for hydroxylation is 1. The molecule has 1 aromatic heterocycles. The van der Waals surface area contributed by atoms with E-state index in [-0.39, 0.29) is 16.6 Å². The Labute approximate surface area is 104 Å². The summed E-state index contributed by atoms with van der Waals surface area (Å²) in [4.78, 5) is 3.93. The first-order chi connectivity index (χ1) is 8.36. The zero-order valence-electron chi connectivity index (χ0n) is 9.15. The van der Waals surface area contributed by atoms with Gasteiger partial charge in [-0.15, -0.1) is 0 Å². The Morgan fingerprint density at radius 2 is 2.06 bits per heavy atom. The van der Waals surface area contributed by atoms with Gasteiger partial charge in [0.1, 0.15) is 5.82 Å². The third kappa shape index (κ3) is 2.70. The van der Waals surface area contributed by atoms with Gasteiger partial charge in [-0.2, -0.15) is 22.5 Å². The van der Waals surface area contributed by atoms with Crippen LogP contribution in [0.4, 0.5) is 18.9 Å². The Morgan fingerprint density at radius 1 is 1.33 bits per heavy atom. The van der Waals surface area contributed by atoms with Crippen molar-refractivity contribution in [2.45, 2.75) is 13.1 Å². The van der Waals surface area contributed by atoms with Gasteiger partial charge in [-0.3, -0.25) is 0 Å². The molecule has 2 rings (SSSR count). The monoisotopic (exact) mass is 275 g/mol. The molecular weight excluding hydrogens is 267 g/mol. The highest BCUT2D eigenvalue weighted by Gasteiger charge is 2.31. The molecule has 0 aliphatic carbocycles. The van der Waals surface area contributed by atoms with Crippen LogP contribution in [0.1, 0.15) is 11.4 Å². The lowest BCUT2D eigenvalue weighted by molar-refractivity contribution is -0.137. The fourth-order valence-electron chi connectivity index (χ4n) is 1.23. The number of nitrogens with zero attached hydrogens (tertiary/aromatic N) is 2. The highest BCUT2D eigenvalue weighted by molar-refractivity contribution is 7.07. The molecule has 96 valence electrons. The lowest BCUT2D eigenvalue weighted by Crippen LogP contribution is -2.05. The van der Waals surface area contributed by atoms with Crippen LogP contribution >= 0.6 is 11.5 Å². The van der Waals surface area contributed by atoms with E-state index in [1.807, 2.05) is 0 Å². The number of hydrogen-bond acceptors (Lipinski definition) is 5. The Balaban J connectivity index is 2.25. The lowest BCUT2D eigenvalue weighted by atomic mass is 10.2. The van der Waals surface area contributed by atoms with E-state index >= 15 is 0 Å². The number of ether oxygens (including phenoxy) is 1. The predicted molar refractivity (Wildman–Crippen MR) is 60.6 cm³/mol. The molecule has 0 bridgehead atoms. The van der Waals surface area contributed by atoms with E-state index in [0.717, 1.165) is 29.7 Å². The normalized spacial score (nSPS) is 11.6. The van der Waals surface area contributed by atoms with Gasteiger partial charge in [0.15, 0.2) is 5.75 Å². The largest absolute Gasteiger partial charge is 0.428 e. The summed E-state index contributed by atoms with van der Waals surface area (Å²) in [5, 5.41) is 0.235. The lowest BCUT2D eigenvalue weighted by Gasteiger charge is -2.10. The Bertz CT molecular complexity index is 568. The second-order valence-electron chi connectivity index (χ2n) is 3.46. The number of hydrogen-bond donors (Lipinski definition) is 1. The molecule has 0 atom stereocenters. The van der Waals surface area contributed by atoms with Crippen LogP contribution in [0.3, 0.4) is 0 Å².